The number of hydrogen-bond donors (Lipinski definition) is 1. The molecule has 3 rings (SSSR count). The number of nitrogens with one attached hydrogen (secondary N) is 1. The fourth-order valence-electron chi connectivity index (χ4n) is 1.93. The van der Waals surface area contributed by atoms with Gasteiger partial charge in [0.25, 0.3) is 5.91 Å². The van der Waals surface area contributed by atoms with E-state index in [1.54, 1.807) is 17.0 Å². The molecule has 0 saturated heterocycles. The van der Waals surface area contributed by atoms with Crippen LogP contribution in [0.4, 0.5) is 10.1 Å². The van der Waals surface area contributed by atoms with Crippen LogP contribution in [0.1, 0.15) is 16.2 Å². The van der Waals surface area contributed by atoms with E-state index in [-0.39, 0.29) is 5.56 Å². The Hall–Kier alpha value is -3.09. The number of rotatable bonds is 3. The van der Waals surface area contributed by atoms with Crippen molar-refractivity contribution in [2.45, 2.75) is 6.92 Å². The van der Waals surface area contributed by atoms with E-state index in [0.717, 1.165) is 5.82 Å². The summed E-state index contributed by atoms with van der Waals surface area (Å²) in [5.74, 6) is 0.333. The van der Waals surface area contributed by atoms with Gasteiger partial charge in [0.1, 0.15) is 11.6 Å². The molecule has 1 aromatic carbocycles. The molecule has 2 aromatic heterocycles. The molecule has 0 unspecified atom stereocenters. The zero-order valence-electron chi connectivity index (χ0n) is 11.7. The standard InChI is InChI=1S/C15H12FN5O/c1-10-17-5-6-21(10)15-18-8-13(9-19-15)20-14(22)11-3-2-4-12(16)7-11/h2-9H,1H3,(H,20,22). The van der Waals surface area contributed by atoms with Crippen LogP contribution in [0.25, 0.3) is 5.95 Å². The highest BCUT2D eigenvalue weighted by Crippen LogP contribution is 2.10. The van der Waals surface area contributed by atoms with Gasteiger partial charge in [-0.2, -0.15) is 0 Å². The van der Waals surface area contributed by atoms with Crippen molar-refractivity contribution in [1.29, 1.82) is 0 Å². The van der Waals surface area contributed by atoms with Gasteiger partial charge in [-0.25, -0.2) is 19.3 Å². The van der Waals surface area contributed by atoms with Crippen molar-refractivity contribution >= 4 is 11.6 Å². The van der Waals surface area contributed by atoms with Gasteiger partial charge in [0.05, 0.1) is 18.1 Å². The number of benzene rings is 1. The number of carbonyl (C=O) groups excluding carboxylic acids is 1. The van der Waals surface area contributed by atoms with Crippen molar-refractivity contribution in [2.75, 3.05) is 5.32 Å². The number of hydrogen-bond acceptors (Lipinski definition) is 4. The Morgan fingerprint density at radius 1 is 1.23 bits per heavy atom. The van der Waals surface area contributed by atoms with Crippen molar-refractivity contribution < 1.29 is 9.18 Å². The molecular weight excluding hydrogens is 285 g/mol. The van der Waals surface area contributed by atoms with Gasteiger partial charge in [-0.05, 0) is 25.1 Å². The summed E-state index contributed by atoms with van der Waals surface area (Å²) in [7, 11) is 0. The first kappa shape index (κ1) is 13.9. The number of amides is 1. The first-order valence-electron chi connectivity index (χ1n) is 6.53. The predicted molar refractivity (Wildman–Crippen MR) is 78.2 cm³/mol. The average Bonchev–Trinajstić information content (AvgIpc) is 2.94. The molecule has 7 heteroatoms. The molecule has 0 aliphatic heterocycles. The zero-order chi connectivity index (χ0) is 15.5. The highest BCUT2D eigenvalue weighted by Gasteiger charge is 2.08. The van der Waals surface area contributed by atoms with E-state index >= 15 is 0 Å². The first-order valence-corrected chi connectivity index (χ1v) is 6.53. The third kappa shape index (κ3) is 2.83. The number of nitrogens with zero attached hydrogens (tertiary/aromatic N) is 4. The molecule has 22 heavy (non-hydrogen) atoms. The summed E-state index contributed by atoms with van der Waals surface area (Å²) in [6.07, 6.45) is 6.37. The van der Waals surface area contributed by atoms with Crippen molar-refractivity contribution in [3.63, 3.8) is 0 Å². The van der Waals surface area contributed by atoms with Crippen molar-refractivity contribution in [3.05, 3.63) is 66.3 Å². The Labute approximate surface area is 125 Å². The molecule has 0 fully saturated rings. The van der Waals surface area contributed by atoms with Crippen LogP contribution in [0.3, 0.4) is 0 Å². The number of aryl methyl sites for hydroxylation is 1. The molecule has 0 aliphatic rings. The lowest BCUT2D eigenvalue weighted by Crippen LogP contribution is -2.13. The molecule has 2 heterocycles. The fraction of sp³-hybridized carbons (Fsp3) is 0.0667. The summed E-state index contributed by atoms with van der Waals surface area (Å²) in [4.78, 5) is 24.4. The van der Waals surface area contributed by atoms with Gasteiger partial charge >= 0.3 is 0 Å². The lowest BCUT2D eigenvalue weighted by Gasteiger charge is -2.06. The summed E-state index contributed by atoms with van der Waals surface area (Å²) < 4.78 is 14.8. The predicted octanol–water partition coefficient (Wildman–Crippen LogP) is 2.36. The van der Waals surface area contributed by atoms with Crippen LogP contribution in [0.2, 0.25) is 0 Å². The third-order valence-electron chi connectivity index (χ3n) is 3.02. The molecular formula is C15H12FN5O. The van der Waals surface area contributed by atoms with Crippen LogP contribution in [0.15, 0.2) is 49.1 Å². The smallest absolute Gasteiger partial charge is 0.255 e. The van der Waals surface area contributed by atoms with E-state index in [1.807, 2.05) is 6.92 Å². The summed E-state index contributed by atoms with van der Waals surface area (Å²) in [5.41, 5.74) is 0.658. The Morgan fingerprint density at radius 3 is 2.64 bits per heavy atom. The second-order valence-corrected chi connectivity index (χ2v) is 4.58. The average molecular weight is 297 g/mol. The van der Waals surface area contributed by atoms with Gasteiger partial charge in [0.2, 0.25) is 5.95 Å². The summed E-state index contributed by atoms with van der Waals surface area (Å²) in [6.45, 7) is 1.84. The highest BCUT2D eigenvalue weighted by atomic mass is 19.1. The molecule has 0 saturated carbocycles. The molecule has 1 amide bonds. The molecule has 0 aliphatic carbocycles. The normalized spacial score (nSPS) is 10.5. The topological polar surface area (TPSA) is 72.7 Å². The van der Waals surface area contributed by atoms with Gasteiger partial charge in [0.15, 0.2) is 0 Å². The van der Waals surface area contributed by atoms with Crippen LogP contribution in [0.5, 0.6) is 0 Å². The van der Waals surface area contributed by atoms with E-state index in [9.17, 15) is 9.18 Å². The molecule has 6 nitrogen and oxygen atoms in total. The summed E-state index contributed by atoms with van der Waals surface area (Å²) in [5, 5.41) is 2.62. The number of anilines is 1. The zero-order valence-corrected chi connectivity index (χ0v) is 11.7. The minimum absolute atomic E-state index is 0.231. The number of imidazole rings is 1. The molecule has 0 atom stereocenters. The lowest BCUT2D eigenvalue weighted by molar-refractivity contribution is 0.102. The van der Waals surface area contributed by atoms with Crippen LogP contribution < -0.4 is 5.32 Å². The van der Waals surface area contributed by atoms with Crippen molar-refractivity contribution in [1.82, 2.24) is 19.5 Å². The highest BCUT2D eigenvalue weighted by molar-refractivity contribution is 6.04. The Bertz CT molecular complexity index is 813. The first-order chi connectivity index (χ1) is 10.6. The van der Waals surface area contributed by atoms with E-state index in [1.165, 1.54) is 36.7 Å². The number of aromatic nitrogens is 4. The molecule has 3 aromatic rings. The minimum atomic E-state index is -0.463. The van der Waals surface area contributed by atoms with Crippen molar-refractivity contribution in [3.8, 4) is 5.95 Å². The van der Waals surface area contributed by atoms with Crippen LogP contribution in [-0.4, -0.2) is 25.4 Å². The molecule has 0 radical (unpaired) electrons. The SMILES string of the molecule is Cc1nccn1-c1ncc(NC(=O)c2cccc(F)c2)cn1. The maximum atomic E-state index is 13.1. The van der Waals surface area contributed by atoms with Crippen LogP contribution in [0, 0.1) is 12.7 Å². The lowest BCUT2D eigenvalue weighted by atomic mass is 10.2. The van der Waals surface area contributed by atoms with Gasteiger partial charge in [-0.15, -0.1) is 0 Å². The second kappa shape index (κ2) is 5.72. The summed E-state index contributed by atoms with van der Waals surface area (Å²) >= 11 is 0. The van der Waals surface area contributed by atoms with Gasteiger partial charge < -0.3 is 5.32 Å². The molecule has 0 spiro atoms. The molecule has 110 valence electrons. The Kier molecular flexibility index (Phi) is 3.61. The van der Waals surface area contributed by atoms with Crippen LogP contribution >= 0.6 is 0 Å². The van der Waals surface area contributed by atoms with Crippen molar-refractivity contribution in [2.24, 2.45) is 0 Å². The summed E-state index contributed by atoms with van der Waals surface area (Å²) in [6, 6.07) is 5.45. The van der Waals surface area contributed by atoms with Gasteiger partial charge in [-0.1, -0.05) is 6.07 Å². The second-order valence-electron chi connectivity index (χ2n) is 4.58. The quantitative estimate of drug-likeness (QED) is 0.805. The minimum Gasteiger partial charge on any atom is -0.319 e. The maximum Gasteiger partial charge on any atom is 0.255 e. The Balaban J connectivity index is 1.76. The van der Waals surface area contributed by atoms with E-state index in [0.29, 0.717) is 11.6 Å². The monoisotopic (exact) mass is 297 g/mol. The number of carbonyl (C=O) groups is 1. The van der Waals surface area contributed by atoms with E-state index in [4.69, 9.17) is 0 Å². The van der Waals surface area contributed by atoms with Crippen LogP contribution in [-0.2, 0) is 0 Å². The van der Waals surface area contributed by atoms with E-state index < -0.39 is 11.7 Å². The van der Waals surface area contributed by atoms with Gasteiger partial charge in [-0.3, -0.25) is 9.36 Å². The van der Waals surface area contributed by atoms with E-state index in [2.05, 4.69) is 20.3 Å². The largest absolute Gasteiger partial charge is 0.319 e. The third-order valence-corrected chi connectivity index (χ3v) is 3.02. The molecule has 0 bridgehead atoms. The van der Waals surface area contributed by atoms with Gasteiger partial charge in [0, 0.05) is 18.0 Å². The Morgan fingerprint density at radius 2 is 2.00 bits per heavy atom. The molecule has 1 N–H and O–H groups in total. The number of halogens is 1. The maximum absolute atomic E-state index is 13.1. The fourth-order valence-corrected chi connectivity index (χ4v) is 1.93.